The highest BCUT2D eigenvalue weighted by Gasteiger charge is 2.17. The Kier molecular flexibility index (Phi) is 5.21. The molecule has 0 saturated heterocycles. The van der Waals surface area contributed by atoms with Crippen LogP contribution in [0.3, 0.4) is 0 Å². The number of para-hydroxylation sites is 1. The van der Waals surface area contributed by atoms with E-state index in [-0.39, 0.29) is 24.5 Å². The molecule has 1 N–H and O–H groups in total. The predicted octanol–water partition coefficient (Wildman–Crippen LogP) is 1.95. The van der Waals surface area contributed by atoms with Crippen LogP contribution in [-0.4, -0.2) is 25.0 Å². The fourth-order valence-electron chi connectivity index (χ4n) is 3.26. The average molecular weight is 401 g/mol. The smallest absolute Gasteiger partial charge is 0.324 e. The van der Waals surface area contributed by atoms with Crippen LogP contribution in [0.15, 0.2) is 76.7 Å². The SMILES string of the molecule is Cc1ccccc1NC(=O)Cn1c(=O)n(Cc2cccnc2)c(=O)c2ncccc21. The Morgan fingerprint density at radius 2 is 1.80 bits per heavy atom. The summed E-state index contributed by atoms with van der Waals surface area (Å²) in [6.45, 7) is 1.68. The van der Waals surface area contributed by atoms with Crippen LogP contribution in [0, 0.1) is 6.92 Å². The zero-order chi connectivity index (χ0) is 21.1. The lowest BCUT2D eigenvalue weighted by Crippen LogP contribution is -2.42. The molecule has 0 atom stereocenters. The van der Waals surface area contributed by atoms with Gasteiger partial charge in [0.2, 0.25) is 5.91 Å². The summed E-state index contributed by atoms with van der Waals surface area (Å²) >= 11 is 0. The number of amides is 1. The largest absolute Gasteiger partial charge is 0.332 e. The van der Waals surface area contributed by atoms with Crippen LogP contribution < -0.4 is 16.6 Å². The summed E-state index contributed by atoms with van der Waals surface area (Å²) in [7, 11) is 0. The minimum Gasteiger partial charge on any atom is -0.324 e. The molecular weight excluding hydrogens is 382 g/mol. The van der Waals surface area contributed by atoms with Gasteiger partial charge in [0.05, 0.1) is 12.1 Å². The van der Waals surface area contributed by atoms with E-state index < -0.39 is 11.2 Å². The standard InChI is InChI=1S/C22H19N5O3/c1-15-6-2-3-8-17(15)25-19(28)14-26-18-9-5-11-24-20(18)21(29)27(22(26)30)13-16-7-4-10-23-12-16/h2-12H,13-14H2,1H3,(H,25,28). The number of carbonyl (C=O) groups is 1. The van der Waals surface area contributed by atoms with Crippen molar-refractivity contribution in [1.29, 1.82) is 0 Å². The van der Waals surface area contributed by atoms with Crippen molar-refractivity contribution in [2.45, 2.75) is 20.0 Å². The number of rotatable bonds is 5. The van der Waals surface area contributed by atoms with Gasteiger partial charge < -0.3 is 5.32 Å². The number of carbonyl (C=O) groups excluding carboxylic acids is 1. The van der Waals surface area contributed by atoms with Gasteiger partial charge in [-0.3, -0.25) is 23.7 Å². The minimum absolute atomic E-state index is 0.0391. The Labute approximate surface area is 171 Å². The number of nitrogens with zero attached hydrogens (tertiary/aromatic N) is 4. The van der Waals surface area contributed by atoms with E-state index in [1.165, 1.54) is 10.8 Å². The number of fused-ring (bicyclic) bond motifs is 1. The molecular formula is C22H19N5O3. The molecule has 8 heteroatoms. The molecule has 3 aromatic heterocycles. The highest BCUT2D eigenvalue weighted by Crippen LogP contribution is 2.13. The van der Waals surface area contributed by atoms with Gasteiger partial charge in [0, 0.05) is 24.3 Å². The molecule has 150 valence electrons. The maximum atomic E-state index is 13.2. The zero-order valence-electron chi connectivity index (χ0n) is 16.3. The number of aryl methyl sites for hydroxylation is 1. The third-order valence-electron chi connectivity index (χ3n) is 4.77. The van der Waals surface area contributed by atoms with Crippen molar-refractivity contribution in [3.63, 3.8) is 0 Å². The quantitative estimate of drug-likeness (QED) is 0.551. The van der Waals surface area contributed by atoms with Crippen LogP contribution in [0.2, 0.25) is 0 Å². The van der Waals surface area contributed by atoms with E-state index in [1.807, 2.05) is 25.1 Å². The second kappa shape index (κ2) is 8.12. The number of anilines is 1. The summed E-state index contributed by atoms with van der Waals surface area (Å²) in [5.74, 6) is -0.372. The molecule has 0 aliphatic rings. The van der Waals surface area contributed by atoms with Crippen molar-refractivity contribution in [2.24, 2.45) is 0 Å². The lowest BCUT2D eigenvalue weighted by atomic mass is 10.2. The first-order chi connectivity index (χ1) is 14.5. The third-order valence-corrected chi connectivity index (χ3v) is 4.77. The molecule has 0 radical (unpaired) electrons. The third kappa shape index (κ3) is 3.75. The summed E-state index contributed by atoms with van der Waals surface area (Å²) in [6.07, 6.45) is 4.69. The molecule has 0 saturated carbocycles. The van der Waals surface area contributed by atoms with Crippen LogP contribution >= 0.6 is 0 Å². The van der Waals surface area contributed by atoms with Crippen LogP contribution in [0.4, 0.5) is 5.69 Å². The summed E-state index contributed by atoms with van der Waals surface area (Å²) in [4.78, 5) is 46.9. The first-order valence-electron chi connectivity index (χ1n) is 9.37. The number of pyridine rings is 2. The predicted molar refractivity (Wildman–Crippen MR) is 113 cm³/mol. The van der Waals surface area contributed by atoms with E-state index >= 15 is 0 Å². The molecule has 30 heavy (non-hydrogen) atoms. The summed E-state index contributed by atoms with van der Waals surface area (Å²) in [6, 6.07) is 14.1. The molecule has 4 rings (SSSR count). The number of hydrogen-bond donors (Lipinski definition) is 1. The molecule has 0 spiro atoms. The van der Waals surface area contributed by atoms with Gasteiger partial charge in [0.15, 0.2) is 5.52 Å². The monoisotopic (exact) mass is 401 g/mol. The Morgan fingerprint density at radius 3 is 2.57 bits per heavy atom. The molecule has 1 aromatic carbocycles. The van der Waals surface area contributed by atoms with Gasteiger partial charge in [-0.2, -0.15) is 0 Å². The Morgan fingerprint density at radius 1 is 1.00 bits per heavy atom. The van der Waals surface area contributed by atoms with Gasteiger partial charge in [0.25, 0.3) is 5.56 Å². The normalized spacial score (nSPS) is 10.8. The maximum Gasteiger partial charge on any atom is 0.332 e. The van der Waals surface area contributed by atoms with Crippen molar-refractivity contribution in [1.82, 2.24) is 19.1 Å². The Bertz CT molecular complexity index is 1340. The zero-order valence-corrected chi connectivity index (χ0v) is 16.3. The Balaban J connectivity index is 1.77. The summed E-state index contributed by atoms with van der Waals surface area (Å²) < 4.78 is 2.35. The first-order valence-corrected chi connectivity index (χ1v) is 9.37. The van der Waals surface area contributed by atoms with E-state index in [2.05, 4.69) is 15.3 Å². The van der Waals surface area contributed by atoms with E-state index in [4.69, 9.17) is 0 Å². The summed E-state index contributed by atoms with van der Waals surface area (Å²) in [5, 5.41) is 2.82. The molecule has 0 unspecified atom stereocenters. The van der Waals surface area contributed by atoms with E-state index in [1.54, 1.807) is 42.7 Å². The summed E-state index contributed by atoms with van der Waals surface area (Å²) in [5.41, 5.74) is 1.63. The number of nitrogens with one attached hydrogen (secondary N) is 1. The second-order valence-electron chi connectivity index (χ2n) is 6.86. The topological polar surface area (TPSA) is 98.9 Å². The van der Waals surface area contributed by atoms with Crippen LogP contribution in [0.1, 0.15) is 11.1 Å². The average Bonchev–Trinajstić information content (AvgIpc) is 2.76. The fourth-order valence-corrected chi connectivity index (χ4v) is 3.26. The van der Waals surface area contributed by atoms with Gasteiger partial charge in [-0.25, -0.2) is 9.78 Å². The van der Waals surface area contributed by atoms with Crippen LogP contribution in [0.5, 0.6) is 0 Å². The van der Waals surface area contributed by atoms with E-state index in [9.17, 15) is 14.4 Å². The second-order valence-corrected chi connectivity index (χ2v) is 6.86. The van der Waals surface area contributed by atoms with Crippen LogP contribution in [-0.2, 0) is 17.9 Å². The number of aromatic nitrogens is 4. The van der Waals surface area contributed by atoms with Crippen molar-refractivity contribution in [3.8, 4) is 0 Å². The van der Waals surface area contributed by atoms with Gasteiger partial charge in [-0.1, -0.05) is 24.3 Å². The lowest BCUT2D eigenvalue weighted by molar-refractivity contribution is -0.116. The van der Waals surface area contributed by atoms with Crippen molar-refractivity contribution >= 4 is 22.6 Å². The van der Waals surface area contributed by atoms with Crippen LogP contribution in [0.25, 0.3) is 11.0 Å². The van der Waals surface area contributed by atoms with Crippen molar-refractivity contribution < 1.29 is 4.79 Å². The molecule has 0 bridgehead atoms. The first kappa shape index (κ1) is 19.3. The molecule has 0 fully saturated rings. The van der Waals surface area contributed by atoms with Gasteiger partial charge in [0.1, 0.15) is 6.54 Å². The lowest BCUT2D eigenvalue weighted by Gasteiger charge is -2.14. The number of benzene rings is 1. The molecule has 4 aromatic rings. The Hall–Kier alpha value is -4.07. The van der Waals surface area contributed by atoms with Gasteiger partial charge in [-0.15, -0.1) is 0 Å². The fraction of sp³-hybridized carbons (Fsp3) is 0.136. The molecule has 0 aliphatic carbocycles. The van der Waals surface area contributed by atoms with Crippen molar-refractivity contribution in [2.75, 3.05) is 5.32 Å². The van der Waals surface area contributed by atoms with Gasteiger partial charge >= 0.3 is 5.69 Å². The van der Waals surface area contributed by atoms with Gasteiger partial charge in [-0.05, 0) is 42.3 Å². The number of hydrogen-bond acceptors (Lipinski definition) is 5. The molecule has 8 nitrogen and oxygen atoms in total. The van der Waals surface area contributed by atoms with E-state index in [0.717, 1.165) is 10.1 Å². The van der Waals surface area contributed by atoms with Crippen molar-refractivity contribution in [3.05, 3.63) is 99.1 Å². The highest BCUT2D eigenvalue weighted by molar-refractivity contribution is 5.92. The molecule has 3 heterocycles. The highest BCUT2D eigenvalue weighted by atomic mass is 16.2. The maximum absolute atomic E-state index is 13.2. The molecule has 0 aliphatic heterocycles. The minimum atomic E-state index is -0.579. The van der Waals surface area contributed by atoms with E-state index in [0.29, 0.717) is 16.8 Å². The molecule has 1 amide bonds.